The van der Waals surface area contributed by atoms with Crippen LogP contribution in [0.4, 0.5) is 5.82 Å². The Bertz CT molecular complexity index is 742. The first-order chi connectivity index (χ1) is 10.1. The second-order valence-corrected chi connectivity index (χ2v) is 6.85. The van der Waals surface area contributed by atoms with Gasteiger partial charge >= 0.3 is 0 Å². The molecule has 1 aliphatic rings. The molecule has 4 nitrogen and oxygen atoms in total. The molecule has 1 aromatic heterocycles. The zero-order valence-electron chi connectivity index (χ0n) is 11.8. The lowest BCUT2D eigenvalue weighted by Gasteiger charge is -2.14. The van der Waals surface area contributed by atoms with E-state index < -0.39 is 0 Å². The molecule has 0 bridgehead atoms. The summed E-state index contributed by atoms with van der Waals surface area (Å²) < 4.78 is 2.42. The molecule has 2 N–H and O–H groups in total. The molecule has 110 valence electrons. The number of amides is 1. The fraction of sp³-hybridized carbons (Fsp3) is 0.333. The number of carbonyl (C=O) groups is 1. The summed E-state index contributed by atoms with van der Waals surface area (Å²) in [5.41, 5.74) is 8.26. The number of carbonyl (C=O) groups excluding carboxylic acids is 1. The molecular formula is C15H17N3OS2. The zero-order chi connectivity index (χ0) is 15.0. The molecule has 0 aliphatic carbocycles. The number of aryl methyl sites for hydroxylation is 1. The van der Waals surface area contributed by atoms with Crippen LogP contribution in [0.15, 0.2) is 24.3 Å². The first kappa shape index (κ1) is 14.3. The molecule has 1 aromatic carbocycles. The molecule has 1 fully saturated rings. The highest BCUT2D eigenvalue weighted by molar-refractivity contribution is 7.73. The number of nitrogens with zero attached hydrogens (tertiary/aromatic N) is 2. The van der Waals surface area contributed by atoms with Gasteiger partial charge in [-0.15, -0.1) is 0 Å². The summed E-state index contributed by atoms with van der Waals surface area (Å²) in [6, 6.07) is 7.90. The second-order valence-electron chi connectivity index (χ2n) is 5.20. The molecule has 6 heteroatoms. The van der Waals surface area contributed by atoms with Gasteiger partial charge in [-0.25, -0.2) is 0 Å². The Labute approximate surface area is 132 Å². The molecule has 0 saturated carbocycles. The molecule has 2 heterocycles. The van der Waals surface area contributed by atoms with Crippen LogP contribution in [-0.2, 0) is 0 Å². The van der Waals surface area contributed by atoms with Gasteiger partial charge in [0.05, 0.1) is 5.69 Å². The van der Waals surface area contributed by atoms with E-state index in [1.807, 2.05) is 36.1 Å². The third-order valence-corrected chi connectivity index (χ3v) is 5.17. The van der Waals surface area contributed by atoms with Crippen LogP contribution in [0.3, 0.4) is 0 Å². The number of hydrogen-bond acceptors (Lipinski definition) is 4. The van der Waals surface area contributed by atoms with Gasteiger partial charge in [0.1, 0.15) is 10.7 Å². The van der Waals surface area contributed by atoms with Crippen LogP contribution in [0.1, 0.15) is 28.1 Å². The molecule has 3 rings (SSSR count). The van der Waals surface area contributed by atoms with Crippen molar-refractivity contribution in [2.45, 2.75) is 19.8 Å². The summed E-state index contributed by atoms with van der Waals surface area (Å²) >= 11 is 6.73. The van der Waals surface area contributed by atoms with Crippen LogP contribution in [0.2, 0.25) is 0 Å². The van der Waals surface area contributed by atoms with Gasteiger partial charge in [0.2, 0.25) is 0 Å². The number of hydrogen-bond donors (Lipinski definition) is 1. The van der Waals surface area contributed by atoms with Crippen LogP contribution < -0.4 is 5.73 Å². The lowest BCUT2D eigenvalue weighted by atomic mass is 10.2. The van der Waals surface area contributed by atoms with Gasteiger partial charge in [0.15, 0.2) is 3.95 Å². The summed E-state index contributed by atoms with van der Waals surface area (Å²) in [6.07, 6.45) is 2.13. The van der Waals surface area contributed by atoms with Crippen molar-refractivity contribution in [2.24, 2.45) is 0 Å². The van der Waals surface area contributed by atoms with E-state index in [1.165, 1.54) is 11.3 Å². The highest BCUT2D eigenvalue weighted by Crippen LogP contribution is 2.29. The summed E-state index contributed by atoms with van der Waals surface area (Å²) in [7, 11) is 0. The minimum atomic E-state index is 0.00781. The number of likely N-dealkylation sites (tertiary alicyclic amines) is 1. The maximum atomic E-state index is 12.5. The number of para-hydroxylation sites is 1. The predicted octanol–water partition coefficient (Wildman–Crippen LogP) is 3.39. The fourth-order valence-corrected chi connectivity index (χ4v) is 3.97. The van der Waals surface area contributed by atoms with E-state index in [1.54, 1.807) is 4.57 Å². The minimum absolute atomic E-state index is 0.00781. The van der Waals surface area contributed by atoms with Crippen molar-refractivity contribution in [3.63, 3.8) is 0 Å². The topological polar surface area (TPSA) is 51.3 Å². The molecule has 0 atom stereocenters. The molecule has 1 saturated heterocycles. The smallest absolute Gasteiger partial charge is 0.267 e. The number of nitrogens with two attached hydrogens (primary N) is 1. The molecular weight excluding hydrogens is 302 g/mol. The van der Waals surface area contributed by atoms with Crippen LogP contribution >= 0.6 is 23.6 Å². The molecule has 0 radical (unpaired) electrons. The monoisotopic (exact) mass is 319 g/mol. The average molecular weight is 319 g/mol. The van der Waals surface area contributed by atoms with Gasteiger partial charge in [0, 0.05) is 13.1 Å². The predicted molar refractivity (Wildman–Crippen MR) is 88.8 cm³/mol. The van der Waals surface area contributed by atoms with Crippen LogP contribution in [0.25, 0.3) is 5.69 Å². The fourth-order valence-electron chi connectivity index (χ4n) is 2.64. The maximum absolute atomic E-state index is 12.5. The maximum Gasteiger partial charge on any atom is 0.267 e. The highest BCUT2D eigenvalue weighted by Gasteiger charge is 2.25. The number of aromatic nitrogens is 1. The zero-order valence-corrected chi connectivity index (χ0v) is 13.5. The largest absolute Gasteiger partial charge is 0.383 e. The lowest BCUT2D eigenvalue weighted by molar-refractivity contribution is 0.0798. The van der Waals surface area contributed by atoms with Gasteiger partial charge in [-0.3, -0.25) is 9.36 Å². The normalized spacial score (nSPS) is 14.6. The summed E-state index contributed by atoms with van der Waals surface area (Å²) in [6.45, 7) is 3.64. The van der Waals surface area contributed by atoms with Crippen molar-refractivity contribution < 1.29 is 4.79 Å². The van der Waals surface area contributed by atoms with E-state index in [4.69, 9.17) is 18.0 Å². The van der Waals surface area contributed by atoms with E-state index in [-0.39, 0.29) is 5.91 Å². The number of nitrogen functional groups attached to an aromatic ring is 1. The van der Waals surface area contributed by atoms with Crippen molar-refractivity contribution >= 4 is 35.3 Å². The summed E-state index contributed by atoms with van der Waals surface area (Å²) in [5, 5.41) is 0. The Balaban J connectivity index is 2.07. The first-order valence-electron chi connectivity index (χ1n) is 6.96. The van der Waals surface area contributed by atoms with Gasteiger partial charge in [-0.05, 0) is 43.6 Å². The first-order valence-corrected chi connectivity index (χ1v) is 8.18. The molecule has 0 spiro atoms. The van der Waals surface area contributed by atoms with Gasteiger partial charge in [0.25, 0.3) is 5.91 Å². The van der Waals surface area contributed by atoms with Crippen molar-refractivity contribution in [3.8, 4) is 5.69 Å². The standard InChI is InChI=1S/C15H17N3OS2/c1-10-6-2-3-7-11(10)18-13(16)12(21-15(18)20)14(19)17-8-4-5-9-17/h2-3,6-7H,4-5,8-9,16H2,1H3. The van der Waals surface area contributed by atoms with E-state index in [0.29, 0.717) is 14.6 Å². The van der Waals surface area contributed by atoms with Gasteiger partial charge in [-0.1, -0.05) is 29.5 Å². The second kappa shape index (κ2) is 5.61. The molecule has 1 aliphatic heterocycles. The van der Waals surface area contributed by atoms with Crippen molar-refractivity contribution in [1.82, 2.24) is 9.47 Å². The van der Waals surface area contributed by atoms with Crippen LogP contribution in [0, 0.1) is 10.9 Å². The number of rotatable bonds is 2. The number of anilines is 1. The third kappa shape index (κ3) is 2.49. The molecule has 0 unspecified atom stereocenters. The number of benzene rings is 1. The summed E-state index contributed by atoms with van der Waals surface area (Å²) in [5.74, 6) is 0.463. The molecule has 1 amide bonds. The van der Waals surface area contributed by atoms with Crippen molar-refractivity contribution in [2.75, 3.05) is 18.8 Å². The SMILES string of the molecule is Cc1ccccc1-n1c(N)c(C(=O)N2CCCC2)sc1=S. The Morgan fingerprint density at radius 1 is 1.29 bits per heavy atom. The van der Waals surface area contributed by atoms with E-state index in [0.717, 1.165) is 37.2 Å². The molecule has 21 heavy (non-hydrogen) atoms. The van der Waals surface area contributed by atoms with Gasteiger partial charge in [-0.2, -0.15) is 0 Å². The van der Waals surface area contributed by atoms with Gasteiger partial charge < -0.3 is 10.6 Å². The molecule has 2 aromatic rings. The average Bonchev–Trinajstić information content (AvgIpc) is 3.08. The Hall–Kier alpha value is -1.66. The summed E-state index contributed by atoms with van der Waals surface area (Å²) in [4.78, 5) is 15.0. The van der Waals surface area contributed by atoms with E-state index in [2.05, 4.69) is 0 Å². The Morgan fingerprint density at radius 2 is 1.95 bits per heavy atom. The van der Waals surface area contributed by atoms with Crippen LogP contribution in [-0.4, -0.2) is 28.5 Å². The van der Waals surface area contributed by atoms with Crippen molar-refractivity contribution in [1.29, 1.82) is 0 Å². The van der Waals surface area contributed by atoms with E-state index >= 15 is 0 Å². The Kier molecular flexibility index (Phi) is 3.82. The minimum Gasteiger partial charge on any atom is -0.383 e. The quantitative estimate of drug-likeness (QED) is 0.863. The highest BCUT2D eigenvalue weighted by atomic mass is 32.1. The Morgan fingerprint density at radius 3 is 2.62 bits per heavy atom. The van der Waals surface area contributed by atoms with Crippen LogP contribution in [0.5, 0.6) is 0 Å². The van der Waals surface area contributed by atoms with Crippen molar-refractivity contribution in [3.05, 3.63) is 38.7 Å². The van der Waals surface area contributed by atoms with E-state index in [9.17, 15) is 4.79 Å². The third-order valence-electron chi connectivity index (χ3n) is 3.79. The number of thiazole rings is 1. The lowest BCUT2D eigenvalue weighted by Crippen LogP contribution is -2.27.